The monoisotopic (exact) mass is 226 g/mol. The third-order valence-corrected chi connectivity index (χ3v) is 4.44. The summed E-state index contributed by atoms with van der Waals surface area (Å²) in [5, 5.41) is 0.609. The predicted molar refractivity (Wildman–Crippen MR) is 69.9 cm³/mol. The van der Waals surface area contributed by atoms with Crippen LogP contribution in [0.15, 0.2) is 53.4 Å². The smallest absolute Gasteiger partial charge is 0.0385 e. The van der Waals surface area contributed by atoms with Crippen LogP contribution in [-0.4, -0.2) is 0 Å². The summed E-state index contributed by atoms with van der Waals surface area (Å²) in [6, 6.07) is 17.6. The van der Waals surface area contributed by atoms with E-state index in [1.165, 1.54) is 28.0 Å². The average Bonchev–Trinajstić information content (AvgIpc) is 2.73. The summed E-state index contributed by atoms with van der Waals surface area (Å²) in [6.45, 7) is 2.17. The van der Waals surface area contributed by atoms with Crippen LogP contribution in [0.1, 0.15) is 21.9 Å². The second-order valence-electron chi connectivity index (χ2n) is 4.33. The van der Waals surface area contributed by atoms with Crippen molar-refractivity contribution in [2.24, 2.45) is 0 Å². The Bertz CT molecular complexity index is 502. The lowest BCUT2D eigenvalue weighted by Crippen LogP contribution is -1.91. The van der Waals surface area contributed by atoms with Crippen molar-refractivity contribution in [2.45, 2.75) is 23.5 Å². The second kappa shape index (κ2) is 3.99. The third-order valence-electron chi connectivity index (χ3n) is 3.06. The summed E-state index contributed by atoms with van der Waals surface area (Å²) in [5.74, 6) is 0. The third kappa shape index (κ3) is 1.76. The Morgan fingerprint density at radius 1 is 1.06 bits per heavy atom. The molecule has 2 aromatic carbocycles. The van der Waals surface area contributed by atoms with Gasteiger partial charge in [0.1, 0.15) is 0 Å². The normalized spacial score (nSPS) is 18.4. The summed E-state index contributed by atoms with van der Waals surface area (Å²) >= 11 is 2.00. The van der Waals surface area contributed by atoms with Crippen LogP contribution >= 0.6 is 11.8 Å². The number of hydrogen-bond acceptors (Lipinski definition) is 1. The fourth-order valence-electron chi connectivity index (χ4n) is 2.23. The highest BCUT2D eigenvalue weighted by Crippen LogP contribution is 2.46. The molecule has 0 saturated heterocycles. The van der Waals surface area contributed by atoms with Crippen molar-refractivity contribution in [3.63, 3.8) is 0 Å². The molecule has 1 heterocycles. The maximum atomic E-state index is 2.32. The van der Waals surface area contributed by atoms with E-state index in [-0.39, 0.29) is 0 Å². The molecule has 80 valence electrons. The van der Waals surface area contributed by atoms with Gasteiger partial charge in [0.15, 0.2) is 0 Å². The van der Waals surface area contributed by atoms with Gasteiger partial charge in [-0.05, 0) is 30.5 Å². The molecule has 0 N–H and O–H groups in total. The van der Waals surface area contributed by atoms with Gasteiger partial charge in [0.25, 0.3) is 0 Å². The summed E-state index contributed by atoms with van der Waals surface area (Å²) < 4.78 is 0. The topological polar surface area (TPSA) is 0 Å². The van der Waals surface area contributed by atoms with Gasteiger partial charge in [-0.25, -0.2) is 0 Å². The summed E-state index contributed by atoms with van der Waals surface area (Å²) in [6.07, 6.45) is 1.17. The quantitative estimate of drug-likeness (QED) is 0.695. The molecule has 1 aliphatic heterocycles. The molecule has 0 spiro atoms. The average molecular weight is 226 g/mol. The Morgan fingerprint density at radius 3 is 2.69 bits per heavy atom. The number of hydrogen-bond donors (Lipinski definition) is 0. The zero-order valence-electron chi connectivity index (χ0n) is 9.31. The van der Waals surface area contributed by atoms with Crippen molar-refractivity contribution >= 4 is 11.8 Å². The minimum absolute atomic E-state index is 0.609. The first-order valence-corrected chi connectivity index (χ1v) is 6.52. The molecule has 0 aliphatic carbocycles. The lowest BCUT2D eigenvalue weighted by molar-refractivity contribution is 0.947. The van der Waals surface area contributed by atoms with Gasteiger partial charge in [-0.2, -0.15) is 0 Å². The van der Waals surface area contributed by atoms with Crippen molar-refractivity contribution in [1.82, 2.24) is 0 Å². The molecule has 0 radical (unpaired) electrons. The summed E-state index contributed by atoms with van der Waals surface area (Å²) in [5.41, 5.74) is 4.33. The van der Waals surface area contributed by atoms with Gasteiger partial charge in [-0.1, -0.05) is 48.0 Å². The molecule has 0 amide bonds. The van der Waals surface area contributed by atoms with Crippen LogP contribution in [0, 0.1) is 6.92 Å². The molecular formula is C15H14S. The fourth-order valence-corrected chi connectivity index (χ4v) is 3.53. The van der Waals surface area contributed by atoms with Gasteiger partial charge in [-0.15, -0.1) is 11.8 Å². The Labute approximate surface area is 101 Å². The number of fused-ring (bicyclic) bond motifs is 1. The number of benzene rings is 2. The minimum Gasteiger partial charge on any atom is -0.117 e. The zero-order valence-corrected chi connectivity index (χ0v) is 10.1. The van der Waals surface area contributed by atoms with Crippen LogP contribution in [-0.2, 0) is 6.42 Å². The molecule has 0 aromatic heterocycles. The molecule has 1 unspecified atom stereocenters. The first-order chi connectivity index (χ1) is 7.83. The molecule has 1 atom stereocenters. The van der Waals surface area contributed by atoms with Crippen LogP contribution in [0.2, 0.25) is 0 Å². The highest BCUT2D eigenvalue weighted by molar-refractivity contribution is 7.99. The number of rotatable bonds is 1. The van der Waals surface area contributed by atoms with Gasteiger partial charge in [0, 0.05) is 10.1 Å². The minimum atomic E-state index is 0.609. The molecular weight excluding hydrogens is 212 g/mol. The van der Waals surface area contributed by atoms with Crippen LogP contribution < -0.4 is 0 Å². The van der Waals surface area contributed by atoms with Crippen LogP contribution in [0.3, 0.4) is 0 Å². The highest BCUT2D eigenvalue weighted by Gasteiger charge is 2.23. The van der Waals surface area contributed by atoms with E-state index in [2.05, 4.69) is 55.5 Å². The van der Waals surface area contributed by atoms with E-state index >= 15 is 0 Å². The van der Waals surface area contributed by atoms with E-state index in [1.807, 2.05) is 11.8 Å². The molecule has 16 heavy (non-hydrogen) atoms. The van der Waals surface area contributed by atoms with Crippen molar-refractivity contribution in [3.8, 4) is 0 Å². The number of thioether (sulfide) groups is 1. The van der Waals surface area contributed by atoms with E-state index in [9.17, 15) is 0 Å². The van der Waals surface area contributed by atoms with E-state index in [4.69, 9.17) is 0 Å². The van der Waals surface area contributed by atoms with E-state index in [0.717, 1.165) is 0 Å². The Kier molecular flexibility index (Phi) is 2.49. The Balaban J connectivity index is 1.91. The molecule has 3 rings (SSSR count). The van der Waals surface area contributed by atoms with Gasteiger partial charge < -0.3 is 0 Å². The zero-order chi connectivity index (χ0) is 11.0. The van der Waals surface area contributed by atoms with Gasteiger partial charge in [0.2, 0.25) is 0 Å². The number of aryl methyl sites for hydroxylation is 1. The summed E-state index contributed by atoms with van der Waals surface area (Å²) in [4.78, 5) is 1.46. The largest absolute Gasteiger partial charge is 0.117 e. The van der Waals surface area contributed by atoms with Crippen LogP contribution in [0.25, 0.3) is 0 Å². The molecule has 1 aliphatic rings. The van der Waals surface area contributed by atoms with E-state index < -0.39 is 0 Å². The van der Waals surface area contributed by atoms with Crippen molar-refractivity contribution < 1.29 is 0 Å². The van der Waals surface area contributed by atoms with Gasteiger partial charge in [0.05, 0.1) is 0 Å². The first-order valence-electron chi connectivity index (χ1n) is 5.64. The lowest BCUT2D eigenvalue weighted by Gasteiger charge is -2.07. The molecule has 0 fully saturated rings. The van der Waals surface area contributed by atoms with Gasteiger partial charge in [-0.3, -0.25) is 0 Å². The molecule has 0 saturated carbocycles. The van der Waals surface area contributed by atoms with Crippen LogP contribution in [0.4, 0.5) is 0 Å². The van der Waals surface area contributed by atoms with Gasteiger partial charge >= 0.3 is 0 Å². The maximum absolute atomic E-state index is 2.32. The predicted octanol–water partition coefficient (Wildman–Crippen LogP) is 4.38. The first kappa shape index (κ1) is 9.98. The standard InChI is InChI=1S/C15H14S/c1-11-7-8-14-13(9-11)10-15(16-14)12-5-3-2-4-6-12/h2-9,15H,10H2,1H3. The van der Waals surface area contributed by atoms with E-state index in [0.29, 0.717) is 5.25 Å². The van der Waals surface area contributed by atoms with Crippen LogP contribution in [0.5, 0.6) is 0 Å². The van der Waals surface area contributed by atoms with Crippen molar-refractivity contribution in [2.75, 3.05) is 0 Å². The second-order valence-corrected chi connectivity index (χ2v) is 5.58. The molecule has 0 nitrogen and oxygen atoms in total. The fraction of sp³-hybridized carbons (Fsp3) is 0.200. The highest BCUT2D eigenvalue weighted by atomic mass is 32.2. The summed E-state index contributed by atoms with van der Waals surface area (Å²) in [7, 11) is 0. The van der Waals surface area contributed by atoms with Crippen molar-refractivity contribution in [3.05, 3.63) is 65.2 Å². The molecule has 2 aromatic rings. The molecule has 1 heteroatoms. The molecule has 0 bridgehead atoms. The van der Waals surface area contributed by atoms with E-state index in [1.54, 1.807) is 0 Å². The lowest BCUT2D eigenvalue weighted by atomic mass is 10.0. The maximum Gasteiger partial charge on any atom is 0.0385 e. The SMILES string of the molecule is Cc1ccc2c(c1)CC(c1ccccc1)S2. The van der Waals surface area contributed by atoms with Crippen molar-refractivity contribution in [1.29, 1.82) is 0 Å². The Hall–Kier alpha value is -1.21. The Morgan fingerprint density at radius 2 is 1.88 bits per heavy atom.